The lowest BCUT2D eigenvalue weighted by Gasteiger charge is -2.11. The zero-order valence-corrected chi connectivity index (χ0v) is 11.0. The first-order valence-corrected chi connectivity index (χ1v) is 5.97. The van der Waals surface area contributed by atoms with Gasteiger partial charge in [0.05, 0.1) is 11.4 Å². The van der Waals surface area contributed by atoms with Gasteiger partial charge in [-0.2, -0.15) is 18.3 Å². The number of para-hydroxylation sites is 2. The number of carbonyl (C=O) groups excluding carboxylic acids is 1. The molecule has 0 aliphatic carbocycles. The third-order valence-electron chi connectivity index (χ3n) is 2.66. The number of anilines is 1. The zero-order valence-electron chi connectivity index (χ0n) is 11.0. The van der Waals surface area contributed by atoms with Crippen LogP contribution in [0.2, 0.25) is 0 Å². The van der Waals surface area contributed by atoms with Crippen LogP contribution in [0.1, 0.15) is 11.4 Å². The first-order chi connectivity index (χ1) is 9.77. The topological polar surface area (TPSA) is 67.2 Å². The molecule has 0 fully saturated rings. The van der Waals surface area contributed by atoms with Gasteiger partial charge in [-0.25, -0.2) is 0 Å². The molecule has 1 heterocycles. The van der Waals surface area contributed by atoms with Crippen LogP contribution in [0.5, 0.6) is 5.75 Å². The second-order valence-corrected chi connectivity index (χ2v) is 4.39. The van der Waals surface area contributed by atoms with Gasteiger partial charge in [0.15, 0.2) is 0 Å². The number of amides is 1. The molecule has 0 radical (unpaired) electrons. The van der Waals surface area contributed by atoms with Crippen LogP contribution in [-0.2, 0) is 17.5 Å². The van der Waals surface area contributed by atoms with Crippen molar-refractivity contribution in [3.8, 4) is 5.75 Å². The fraction of sp³-hybridized carbons (Fsp3) is 0.231. The van der Waals surface area contributed by atoms with Gasteiger partial charge in [-0.1, -0.05) is 12.1 Å². The lowest BCUT2D eigenvalue weighted by atomic mass is 10.3. The summed E-state index contributed by atoms with van der Waals surface area (Å²) < 4.78 is 38.9. The van der Waals surface area contributed by atoms with Crippen molar-refractivity contribution in [2.45, 2.75) is 19.6 Å². The van der Waals surface area contributed by atoms with Crippen LogP contribution in [0.3, 0.4) is 0 Å². The Hall–Kier alpha value is -2.51. The molecule has 0 spiro atoms. The molecule has 2 N–H and O–H groups in total. The molecule has 5 nitrogen and oxygen atoms in total. The molecule has 1 amide bonds. The molecule has 8 heteroatoms. The first kappa shape index (κ1) is 14.9. The summed E-state index contributed by atoms with van der Waals surface area (Å²) in [4.78, 5) is 11.8. The Kier molecular flexibility index (Phi) is 3.88. The summed E-state index contributed by atoms with van der Waals surface area (Å²) >= 11 is 0. The molecular weight excluding hydrogens is 287 g/mol. The first-order valence-electron chi connectivity index (χ1n) is 5.97. The molecule has 0 saturated carbocycles. The predicted molar refractivity (Wildman–Crippen MR) is 68.7 cm³/mol. The zero-order chi connectivity index (χ0) is 15.6. The van der Waals surface area contributed by atoms with Crippen molar-refractivity contribution in [1.82, 2.24) is 9.78 Å². The SMILES string of the molecule is Cc1cc(C(F)(F)F)n(CC(=O)Nc2ccccc2O)n1. The Labute approximate surface area is 118 Å². The highest BCUT2D eigenvalue weighted by atomic mass is 19.4. The number of benzene rings is 1. The summed E-state index contributed by atoms with van der Waals surface area (Å²) in [5.74, 6) is -0.886. The molecule has 112 valence electrons. The Morgan fingerprint density at radius 2 is 2.05 bits per heavy atom. The maximum atomic E-state index is 12.8. The summed E-state index contributed by atoms with van der Waals surface area (Å²) in [5, 5.41) is 15.5. The number of aromatic hydroxyl groups is 1. The number of hydrogen-bond acceptors (Lipinski definition) is 3. The van der Waals surface area contributed by atoms with E-state index in [4.69, 9.17) is 0 Å². The minimum absolute atomic E-state index is 0.125. The van der Waals surface area contributed by atoms with Crippen LogP contribution in [0.25, 0.3) is 0 Å². The monoisotopic (exact) mass is 299 g/mol. The molecule has 0 atom stereocenters. The Morgan fingerprint density at radius 1 is 1.38 bits per heavy atom. The lowest BCUT2D eigenvalue weighted by molar-refractivity contribution is -0.144. The molecular formula is C13H12F3N3O2. The summed E-state index contributed by atoms with van der Waals surface area (Å²) in [5.41, 5.74) is -0.704. The number of hydrogen-bond donors (Lipinski definition) is 2. The van der Waals surface area contributed by atoms with Crippen molar-refractivity contribution in [1.29, 1.82) is 0 Å². The molecule has 0 bridgehead atoms. The lowest BCUT2D eigenvalue weighted by Crippen LogP contribution is -2.23. The Balaban J connectivity index is 2.16. The number of phenols is 1. The molecule has 0 aliphatic rings. The molecule has 0 aliphatic heterocycles. The average Bonchev–Trinajstić information content (AvgIpc) is 2.73. The van der Waals surface area contributed by atoms with Gasteiger partial charge in [-0.15, -0.1) is 0 Å². The molecule has 0 saturated heterocycles. The molecule has 1 aromatic heterocycles. The van der Waals surface area contributed by atoms with Crippen LogP contribution in [-0.4, -0.2) is 20.8 Å². The van der Waals surface area contributed by atoms with E-state index in [0.717, 1.165) is 6.07 Å². The van der Waals surface area contributed by atoms with Crippen LogP contribution in [0, 0.1) is 6.92 Å². The highest BCUT2D eigenvalue weighted by molar-refractivity contribution is 5.91. The number of halogens is 3. The number of alkyl halides is 3. The summed E-state index contributed by atoms with van der Waals surface area (Å²) in [6, 6.07) is 6.80. The van der Waals surface area contributed by atoms with Gasteiger partial charge >= 0.3 is 6.18 Å². The molecule has 21 heavy (non-hydrogen) atoms. The van der Waals surface area contributed by atoms with Crippen LogP contribution >= 0.6 is 0 Å². The quantitative estimate of drug-likeness (QED) is 0.856. The molecule has 2 aromatic rings. The molecule has 0 unspecified atom stereocenters. The standard InChI is InChI=1S/C13H12F3N3O2/c1-8-6-11(13(14,15)16)19(18-8)7-12(21)17-9-4-2-3-5-10(9)20/h2-6,20H,7H2,1H3,(H,17,21). The smallest absolute Gasteiger partial charge is 0.433 e. The summed E-state index contributed by atoms with van der Waals surface area (Å²) in [6.07, 6.45) is -4.59. The van der Waals surface area contributed by atoms with Crippen molar-refractivity contribution in [2.24, 2.45) is 0 Å². The fourth-order valence-corrected chi connectivity index (χ4v) is 1.80. The summed E-state index contributed by atoms with van der Waals surface area (Å²) in [6.45, 7) is 0.809. The normalized spacial score (nSPS) is 11.4. The average molecular weight is 299 g/mol. The van der Waals surface area contributed by atoms with Crippen molar-refractivity contribution < 1.29 is 23.1 Å². The predicted octanol–water partition coefficient (Wildman–Crippen LogP) is 2.55. The number of carbonyl (C=O) groups is 1. The van der Waals surface area contributed by atoms with E-state index in [0.29, 0.717) is 4.68 Å². The van der Waals surface area contributed by atoms with E-state index >= 15 is 0 Å². The van der Waals surface area contributed by atoms with Gasteiger partial charge in [0.2, 0.25) is 5.91 Å². The maximum absolute atomic E-state index is 12.8. The van der Waals surface area contributed by atoms with Crippen LogP contribution < -0.4 is 5.32 Å². The largest absolute Gasteiger partial charge is 0.506 e. The van der Waals surface area contributed by atoms with E-state index in [2.05, 4.69) is 10.4 Å². The van der Waals surface area contributed by atoms with E-state index in [1.54, 1.807) is 12.1 Å². The minimum Gasteiger partial charge on any atom is -0.506 e. The fourth-order valence-electron chi connectivity index (χ4n) is 1.80. The number of phenolic OH excluding ortho intramolecular Hbond substituents is 1. The molecule has 2 rings (SSSR count). The number of rotatable bonds is 3. The van der Waals surface area contributed by atoms with Crippen molar-refractivity contribution >= 4 is 11.6 Å². The highest BCUT2D eigenvalue weighted by Crippen LogP contribution is 2.29. The van der Waals surface area contributed by atoms with E-state index in [1.165, 1.54) is 19.1 Å². The van der Waals surface area contributed by atoms with Gasteiger partial charge < -0.3 is 10.4 Å². The van der Waals surface area contributed by atoms with Crippen molar-refractivity contribution in [3.63, 3.8) is 0 Å². The van der Waals surface area contributed by atoms with Gasteiger partial charge in [0.1, 0.15) is 18.0 Å². The minimum atomic E-state index is -4.59. The van der Waals surface area contributed by atoms with Crippen molar-refractivity contribution in [3.05, 3.63) is 41.7 Å². The second-order valence-electron chi connectivity index (χ2n) is 4.39. The second kappa shape index (κ2) is 5.47. The highest BCUT2D eigenvalue weighted by Gasteiger charge is 2.35. The van der Waals surface area contributed by atoms with Crippen LogP contribution in [0.15, 0.2) is 30.3 Å². The Morgan fingerprint density at radius 3 is 2.67 bits per heavy atom. The summed E-state index contributed by atoms with van der Waals surface area (Å²) in [7, 11) is 0. The van der Waals surface area contributed by atoms with E-state index in [-0.39, 0.29) is 17.1 Å². The van der Waals surface area contributed by atoms with E-state index in [9.17, 15) is 23.1 Å². The number of aromatic nitrogens is 2. The Bertz CT molecular complexity index is 665. The third-order valence-corrected chi connectivity index (χ3v) is 2.66. The molecule has 1 aromatic carbocycles. The number of nitrogens with one attached hydrogen (secondary N) is 1. The maximum Gasteiger partial charge on any atom is 0.433 e. The van der Waals surface area contributed by atoms with Gasteiger partial charge in [0.25, 0.3) is 0 Å². The number of aryl methyl sites for hydroxylation is 1. The third kappa shape index (κ3) is 3.53. The van der Waals surface area contributed by atoms with Gasteiger partial charge in [-0.05, 0) is 25.1 Å². The van der Waals surface area contributed by atoms with Gasteiger partial charge in [-0.3, -0.25) is 9.48 Å². The van der Waals surface area contributed by atoms with Crippen molar-refractivity contribution in [2.75, 3.05) is 5.32 Å². The number of nitrogens with zero attached hydrogens (tertiary/aromatic N) is 2. The van der Waals surface area contributed by atoms with E-state index in [1.807, 2.05) is 0 Å². The van der Waals surface area contributed by atoms with Crippen LogP contribution in [0.4, 0.5) is 18.9 Å². The van der Waals surface area contributed by atoms with Gasteiger partial charge in [0, 0.05) is 0 Å². The van der Waals surface area contributed by atoms with E-state index < -0.39 is 24.3 Å².